The molecule has 0 spiro atoms. The summed E-state index contributed by atoms with van der Waals surface area (Å²) >= 11 is 3.18. The van der Waals surface area contributed by atoms with Crippen LogP contribution in [0, 0.1) is 17.1 Å². The average molecular weight is 319 g/mol. The number of aromatic nitrogens is 1. The zero-order chi connectivity index (χ0) is 13.8. The summed E-state index contributed by atoms with van der Waals surface area (Å²) in [6, 6.07) is 9.12. The Hall–Kier alpha value is -2.06. The lowest BCUT2D eigenvalue weighted by Crippen LogP contribution is -2.13. The van der Waals surface area contributed by atoms with Crippen molar-refractivity contribution in [2.45, 2.75) is 5.92 Å². The first kappa shape index (κ1) is 13.4. The van der Waals surface area contributed by atoms with E-state index in [4.69, 9.17) is 5.26 Å². The van der Waals surface area contributed by atoms with E-state index in [0.29, 0.717) is 10.0 Å². The molecule has 1 heterocycles. The van der Waals surface area contributed by atoms with E-state index in [0.717, 1.165) is 0 Å². The number of nitriles is 1. The van der Waals surface area contributed by atoms with Gasteiger partial charge in [-0.05, 0) is 35.9 Å². The van der Waals surface area contributed by atoms with E-state index in [1.165, 1.54) is 30.6 Å². The molecule has 1 aromatic heterocycles. The normalized spacial score (nSPS) is 11.6. The first-order chi connectivity index (χ1) is 9.13. The van der Waals surface area contributed by atoms with Crippen molar-refractivity contribution in [3.63, 3.8) is 0 Å². The number of nitrogens with zero attached hydrogens (tertiary/aromatic N) is 2. The van der Waals surface area contributed by atoms with Crippen LogP contribution in [0.4, 0.5) is 4.39 Å². The molecule has 0 N–H and O–H groups in total. The fraction of sp³-hybridized carbons (Fsp3) is 0.0714. The van der Waals surface area contributed by atoms with Gasteiger partial charge >= 0.3 is 0 Å². The molecule has 94 valence electrons. The van der Waals surface area contributed by atoms with E-state index >= 15 is 0 Å². The summed E-state index contributed by atoms with van der Waals surface area (Å²) in [5.74, 6) is -2.23. The van der Waals surface area contributed by atoms with Crippen LogP contribution in [0.2, 0.25) is 0 Å². The Labute approximate surface area is 117 Å². The quantitative estimate of drug-likeness (QED) is 0.814. The van der Waals surface area contributed by atoms with Crippen LogP contribution in [0.15, 0.2) is 47.2 Å². The Kier molecular flexibility index (Phi) is 4.03. The summed E-state index contributed by atoms with van der Waals surface area (Å²) < 4.78 is 14.3. The van der Waals surface area contributed by atoms with Crippen molar-refractivity contribution in [3.05, 3.63) is 64.1 Å². The van der Waals surface area contributed by atoms with E-state index in [-0.39, 0.29) is 5.56 Å². The summed E-state index contributed by atoms with van der Waals surface area (Å²) in [5.41, 5.74) is 0.402. The lowest BCUT2D eigenvalue weighted by molar-refractivity contribution is 0.0975. The second kappa shape index (κ2) is 5.72. The Morgan fingerprint density at radius 1 is 1.32 bits per heavy atom. The molecule has 0 bridgehead atoms. The van der Waals surface area contributed by atoms with Gasteiger partial charge in [0.15, 0.2) is 5.78 Å². The summed E-state index contributed by atoms with van der Waals surface area (Å²) in [4.78, 5) is 16.1. The van der Waals surface area contributed by atoms with Gasteiger partial charge in [0.05, 0.1) is 11.6 Å². The molecule has 0 aliphatic rings. The summed E-state index contributed by atoms with van der Waals surface area (Å²) in [6.45, 7) is 0. The number of carbonyl (C=O) groups is 1. The Morgan fingerprint density at radius 3 is 2.63 bits per heavy atom. The number of pyridine rings is 1. The SMILES string of the molecule is N#CC(C(=O)c1cc(Br)ccc1F)c1ccncc1. The maximum Gasteiger partial charge on any atom is 0.187 e. The van der Waals surface area contributed by atoms with Gasteiger partial charge in [0, 0.05) is 16.9 Å². The van der Waals surface area contributed by atoms with E-state index < -0.39 is 17.5 Å². The first-order valence-corrected chi connectivity index (χ1v) is 6.21. The lowest BCUT2D eigenvalue weighted by Gasteiger charge is -2.09. The Morgan fingerprint density at radius 2 is 2.00 bits per heavy atom. The molecule has 0 amide bonds. The Bertz CT molecular complexity index is 652. The van der Waals surface area contributed by atoms with Crippen LogP contribution in [0.25, 0.3) is 0 Å². The zero-order valence-corrected chi connectivity index (χ0v) is 11.3. The minimum Gasteiger partial charge on any atom is -0.292 e. The van der Waals surface area contributed by atoms with Gasteiger partial charge in [0.2, 0.25) is 0 Å². The summed E-state index contributed by atoms with van der Waals surface area (Å²) in [7, 11) is 0. The predicted molar refractivity (Wildman–Crippen MR) is 71.0 cm³/mol. The van der Waals surface area contributed by atoms with Crippen molar-refractivity contribution < 1.29 is 9.18 Å². The molecule has 1 unspecified atom stereocenters. The lowest BCUT2D eigenvalue weighted by atomic mass is 9.92. The van der Waals surface area contributed by atoms with Gasteiger partial charge in [0.1, 0.15) is 11.7 Å². The van der Waals surface area contributed by atoms with E-state index in [1.54, 1.807) is 12.1 Å². The van der Waals surface area contributed by atoms with Crippen molar-refractivity contribution in [2.24, 2.45) is 0 Å². The minimum absolute atomic E-state index is 0.0993. The number of carbonyl (C=O) groups excluding carboxylic acids is 1. The van der Waals surface area contributed by atoms with Crippen molar-refractivity contribution in [2.75, 3.05) is 0 Å². The molecule has 0 saturated heterocycles. The highest BCUT2D eigenvalue weighted by Crippen LogP contribution is 2.23. The third kappa shape index (κ3) is 2.85. The van der Waals surface area contributed by atoms with Crippen LogP contribution >= 0.6 is 15.9 Å². The van der Waals surface area contributed by atoms with Crippen molar-refractivity contribution in [1.29, 1.82) is 5.26 Å². The van der Waals surface area contributed by atoms with Gasteiger partial charge in [-0.15, -0.1) is 0 Å². The first-order valence-electron chi connectivity index (χ1n) is 5.42. The molecule has 1 aromatic carbocycles. The number of Topliss-reactive ketones (excluding diaryl/α,β-unsaturated/α-hetero) is 1. The van der Waals surface area contributed by atoms with Gasteiger partial charge < -0.3 is 0 Å². The van der Waals surface area contributed by atoms with Crippen molar-refractivity contribution >= 4 is 21.7 Å². The van der Waals surface area contributed by atoms with Crippen LogP contribution in [0.1, 0.15) is 21.8 Å². The third-order valence-electron chi connectivity index (χ3n) is 2.62. The Balaban J connectivity index is 2.43. The smallest absolute Gasteiger partial charge is 0.187 e. The van der Waals surface area contributed by atoms with Gasteiger partial charge in [-0.2, -0.15) is 5.26 Å². The van der Waals surface area contributed by atoms with Crippen LogP contribution in [0.3, 0.4) is 0 Å². The van der Waals surface area contributed by atoms with Gasteiger partial charge in [0.25, 0.3) is 0 Å². The highest BCUT2D eigenvalue weighted by atomic mass is 79.9. The maximum atomic E-state index is 13.7. The molecule has 3 nitrogen and oxygen atoms in total. The van der Waals surface area contributed by atoms with Gasteiger partial charge in [-0.3, -0.25) is 9.78 Å². The molecule has 0 aliphatic carbocycles. The molecule has 5 heteroatoms. The number of benzene rings is 1. The monoisotopic (exact) mass is 318 g/mol. The molecule has 0 aliphatic heterocycles. The molecule has 0 saturated carbocycles. The standard InChI is InChI=1S/C14H8BrFN2O/c15-10-1-2-13(16)11(7-10)14(19)12(8-17)9-3-5-18-6-4-9/h1-7,12H. The zero-order valence-electron chi connectivity index (χ0n) is 9.68. The van der Waals surface area contributed by atoms with E-state index in [2.05, 4.69) is 20.9 Å². The highest BCUT2D eigenvalue weighted by Gasteiger charge is 2.24. The molecular weight excluding hydrogens is 311 g/mol. The molecule has 19 heavy (non-hydrogen) atoms. The molecule has 0 radical (unpaired) electrons. The molecular formula is C14H8BrFN2O. The number of ketones is 1. The number of halogens is 2. The fourth-order valence-electron chi connectivity index (χ4n) is 1.68. The topological polar surface area (TPSA) is 53.8 Å². The molecule has 1 atom stereocenters. The second-order valence-electron chi connectivity index (χ2n) is 3.83. The van der Waals surface area contributed by atoms with Gasteiger partial charge in [-0.25, -0.2) is 4.39 Å². The maximum absolute atomic E-state index is 13.7. The van der Waals surface area contributed by atoms with Crippen molar-refractivity contribution in [3.8, 4) is 6.07 Å². The van der Waals surface area contributed by atoms with Crippen LogP contribution in [-0.4, -0.2) is 10.8 Å². The van der Waals surface area contributed by atoms with Crippen LogP contribution < -0.4 is 0 Å². The fourth-order valence-corrected chi connectivity index (χ4v) is 2.04. The average Bonchev–Trinajstić information content (AvgIpc) is 2.43. The number of hydrogen-bond acceptors (Lipinski definition) is 3. The molecule has 2 rings (SSSR count). The van der Waals surface area contributed by atoms with Gasteiger partial charge in [-0.1, -0.05) is 15.9 Å². The summed E-state index contributed by atoms with van der Waals surface area (Å²) in [5, 5.41) is 9.15. The van der Waals surface area contributed by atoms with Crippen molar-refractivity contribution in [1.82, 2.24) is 4.98 Å². The molecule has 2 aromatic rings. The highest BCUT2D eigenvalue weighted by molar-refractivity contribution is 9.10. The number of rotatable bonds is 3. The third-order valence-corrected chi connectivity index (χ3v) is 3.12. The van der Waals surface area contributed by atoms with Crippen LogP contribution in [-0.2, 0) is 0 Å². The van der Waals surface area contributed by atoms with E-state index in [1.807, 2.05) is 6.07 Å². The largest absolute Gasteiger partial charge is 0.292 e. The van der Waals surface area contributed by atoms with Crippen LogP contribution in [0.5, 0.6) is 0 Å². The number of hydrogen-bond donors (Lipinski definition) is 0. The summed E-state index contributed by atoms with van der Waals surface area (Å²) in [6.07, 6.45) is 2.98. The second-order valence-corrected chi connectivity index (χ2v) is 4.75. The molecule has 0 fully saturated rings. The van der Waals surface area contributed by atoms with E-state index in [9.17, 15) is 9.18 Å². The predicted octanol–water partition coefficient (Wildman–Crippen LogP) is 3.47. The minimum atomic E-state index is -1.04.